The lowest BCUT2D eigenvalue weighted by Crippen LogP contribution is -1.96. The van der Waals surface area contributed by atoms with Gasteiger partial charge >= 0.3 is 6.01 Å². The van der Waals surface area contributed by atoms with E-state index in [4.69, 9.17) is 37.1 Å². The molecule has 8 heteroatoms. The van der Waals surface area contributed by atoms with Gasteiger partial charge in [-0.15, -0.1) is 16.7 Å². The second kappa shape index (κ2) is 6.67. The number of nitrogens with one attached hydrogen (secondary N) is 1. The molecule has 1 heterocycles. The Kier molecular flexibility index (Phi) is 4.92. The number of aromatic nitrogens is 2. The van der Waals surface area contributed by atoms with Crippen molar-refractivity contribution < 1.29 is 13.9 Å². The molecule has 0 saturated carbocycles. The number of rotatable bonds is 6. The highest BCUT2D eigenvalue weighted by atomic mass is 35.5. The highest BCUT2D eigenvalue weighted by Crippen LogP contribution is 2.37. The Hall–Kier alpha value is -1.66. The zero-order valence-corrected chi connectivity index (χ0v) is 12.5. The molecule has 0 bridgehead atoms. The lowest BCUT2D eigenvalue weighted by Gasteiger charge is -2.11. The van der Waals surface area contributed by atoms with E-state index in [-0.39, 0.29) is 6.01 Å². The summed E-state index contributed by atoms with van der Waals surface area (Å²) in [6.45, 7) is 0. The van der Waals surface area contributed by atoms with Crippen molar-refractivity contribution in [3.05, 3.63) is 23.0 Å². The predicted molar refractivity (Wildman–Crippen MR) is 76.6 cm³/mol. The minimum Gasteiger partial charge on any atom is -0.495 e. The maximum atomic E-state index is 6.03. The van der Waals surface area contributed by atoms with Gasteiger partial charge in [0.25, 0.3) is 0 Å². The normalized spacial score (nSPS) is 10.4. The van der Waals surface area contributed by atoms with Crippen molar-refractivity contribution in [3.8, 4) is 11.5 Å². The maximum Gasteiger partial charge on any atom is 0.320 e. The summed E-state index contributed by atoms with van der Waals surface area (Å²) < 4.78 is 15.8. The third-order valence-electron chi connectivity index (χ3n) is 2.49. The average molecular weight is 318 g/mol. The quantitative estimate of drug-likeness (QED) is 0.825. The molecule has 0 atom stereocenters. The van der Waals surface area contributed by atoms with Gasteiger partial charge in [0.15, 0.2) is 0 Å². The number of alkyl halides is 1. The molecule has 1 aromatic heterocycles. The van der Waals surface area contributed by atoms with Crippen LogP contribution in [0.5, 0.6) is 11.5 Å². The number of hydrogen-bond donors (Lipinski definition) is 1. The number of halogens is 2. The molecule has 0 aliphatic heterocycles. The van der Waals surface area contributed by atoms with Crippen LogP contribution in [0.1, 0.15) is 5.89 Å². The van der Waals surface area contributed by atoms with Crippen LogP contribution in [0.15, 0.2) is 16.5 Å². The molecule has 0 radical (unpaired) electrons. The second-order valence-electron chi connectivity index (χ2n) is 3.75. The van der Waals surface area contributed by atoms with Gasteiger partial charge in [-0.25, -0.2) is 0 Å². The van der Waals surface area contributed by atoms with Crippen LogP contribution >= 0.6 is 23.2 Å². The summed E-state index contributed by atoms with van der Waals surface area (Å²) in [5.74, 6) is 1.92. The number of nitrogens with zero attached hydrogens (tertiary/aromatic N) is 2. The molecule has 0 saturated heterocycles. The monoisotopic (exact) mass is 317 g/mol. The molecule has 6 nitrogen and oxygen atoms in total. The Morgan fingerprint density at radius 3 is 2.60 bits per heavy atom. The first-order valence-electron chi connectivity index (χ1n) is 5.74. The summed E-state index contributed by atoms with van der Waals surface area (Å²) in [6, 6.07) is 3.57. The minimum atomic E-state index is 0.243. The van der Waals surface area contributed by atoms with E-state index in [0.29, 0.717) is 40.4 Å². The molecule has 2 aromatic rings. The van der Waals surface area contributed by atoms with E-state index in [1.54, 1.807) is 12.1 Å². The van der Waals surface area contributed by atoms with Crippen LogP contribution in [0.3, 0.4) is 0 Å². The van der Waals surface area contributed by atoms with E-state index in [1.807, 2.05) is 0 Å². The number of hydrogen-bond acceptors (Lipinski definition) is 6. The summed E-state index contributed by atoms with van der Waals surface area (Å²) in [4.78, 5) is 0. The van der Waals surface area contributed by atoms with Crippen molar-refractivity contribution in [1.82, 2.24) is 10.2 Å². The van der Waals surface area contributed by atoms with E-state index >= 15 is 0 Å². The van der Waals surface area contributed by atoms with Crippen LogP contribution in [-0.4, -0.2) is 30.3 Å². The molecule has 0 unspecified atom stereocenters. The van der Waals surface area contributed by atoms with Crippen LogP contribution in [0, 0.1) is 0 Å². The summed E-state index contributed by atoms with van der Waals surface area (Å²) >= 11 is 11.6. The molecule has 0 aliphatic rings. The summed E-state index contributed by atoms with van der Waals surface area (Å²) in [7, 11) is 3.07. The zero-order valence-electron chi connectivity index (χ0n) is 10.9. The predicted octanol–water partition coefficient (Wildman–Crippen LogP) is 3.27. The first-order chi connectivity index (χ1) is 9.67. The van der Waals surface area contributed by atoms with Crippen LogP contribution in [0.2, 0.25) is 5.02 Å². The number of aryl methyl sites for hydroxylation is 1. The maximum absolute atomic E-state index is 6.03. The lowest BCUT2D eigenvalue weighted by atomic mass is 10.2. The SMILES string of the molecule is COc1cc(Nc2nnc(CCCl)o2)c(OC)cc1Cl. The number of ether oxygens (including phenoxy) is 2. The van der Waals surface area contributed by atoms with Crippen LogP contribution in [-0.2, 0) is 6.42 Å². The van der Waals surface area contributed by atoms with Crippen molar-refractivity contribution in [2.24, 2.45) is 0 Å². The molecule has 0 spiro atoms. The molecular weight excluding hydrogens is 305 g/mol. The fourth-order valence-electron chi connectivity index (χ4n) is 1.56. The third kappa shape index (κ3) is 3.26. The van der Waals surface area contributed by atoms with Gasteiger partial charge in [0, 0.05) is 24.4 Å². The number of methoxy groups -OCH3 is 2. The summed E-state index contributed by atoms with van der Waals surface area (Å²) in [6.07, 6.45) is 0.511. The standard InChI is InChI=1S/C12H13Cl2N3O3/c1-18-9-6-8(10(19-2)5-7(9)14)15-12-17-16-11(20-12)3-4-13/h5-6H,3-4H2,1-2H3,(H,15,17). The Morgan fingerprint density at radius 1 is 1.20 bits per heavy atom. The van der Waals surface area contributed by atoms with Crippen molar-refractivity contribution in [1.29, 1.82) is 0 Å². The molecule has 0 aliphatic carbocycles. The zero-order chi connectivity index (χ0) is 14.5. The second-order valence-corrected chi connectivity index (χ2v) is 4.54. The molecule has 20 heavy (non-hydrogen) atoms. The van der Waals surface area contributed by atoms with Gasteiger partial charge in [-0.3, -0.25) is 0 Å². The minimum absolute atomic E-state index is 0.243. The molecule has 108 valence electrons. The topological polar surface area (TPSA) is 69.4 Å². The molecular formula is C12H13Cl2N3O3. The van der Waals surface area contributed by atoms with Crippen molar-refractivity contribution in [2.75, 3.05) is 25.4 Å². The molecule has 0 amide bonds. The first-order valence-corrected chi connectivity index (χ1v) is 6.66. The van der Waals surface area contributed by atoms with E-state index in [9.17, 15) is 0 Å². The van der Waals surface area contributed by atoms with Crippen LogP contribution < -0.4 is 14.8 Å². The third-order valence-corrected chi connectivity index (χ3v) is 2.98. The Bertz CT molecular complexity index is 589. The van der Waals surface area contributed by atoms with Gasteiger partial charge in [-0.05, 0) is 0 Å². The molecule has 1 N–H and O–H groups in total. The summed E-state index contributed by atoms with van der Waals surface area (Å²) in [5.41, 5.74) is 0.606. The Balaban J connectivity index is 2.26. The average Bonchev–Trinajstić information content (AvgIpc) is 2.88. The van der Waals surface area contributed by atoms with E-state index in [0.717, 1.165) is 0 Å². The Labute approximate surface area is 126 Å². The van der Waals surface area contributed by atoms with Crippen LogP contribution in [0.25, 0.3) is 0 Å². The molecule has 0 fully saturated rings. The largest absolute Gasteiger partial charge is 0.495 e. The van der Waals surface area contributed by atoms with Gasteiger partial charge in [0.2, 0.25) is 5.89 Å². The van der Waals surface area contributed by atoms with Gasteiger partial charge in [-0.1, -0.05) is 16.7 Å². The van der Waals surface area contributed by atoms with E-state index in [1.165, 1.54) is 14.2 Å². The molecule has 2 rings (SSSR count). The van der Waals surface area contributed by atoms with Gasteiger partial charge < -0.3 is 19.2 Å². The lowest BCUT2D eigenvalue weighted by molar-refractivity contribution is 0.404. The fourth-order valence-corrected chi connectivity index (χ4v) is 1.95. The van der Waals surface area contributed by atoms with Gasteiger partial charge in [0.05, 0.1) is 24.9 Å². The number of benzene rings is 1. The summed E-state index contributed by atoms with van der Waals surface area (Å²) in [5, 5.41) is 11.1. The highest BCUT2D eigenvalue weighted by molar-refractivity contribution is 6.32. The fraction of sp³-hybridized carbons (Fsp3) is 0.333. The first kappa shape index (κ1) is 14.7. The van der Waals surface area contributed by atoms with E-state index < -0.39 is 0 Å². The van der Waals surface area contributed by atoms with Crippen molar-refractivity contribution >= 4 is 34.9 Å². The van der Waals surface area contributed by atoms with Gasteiger partial charge in [0.1, 0.15) is 11.5 Å². The van der Waals surface area contributed by atoms with E-state index in [2.05, 4.69) is 15.5 Å². The molecule has 1 aromatic carbocycles. The Morgan fingerprint density at radius 2 is 1.95 bits per heavy atom. The highest BCUT2D eigenvalue weighted by Gasteiger charge is 2.13. The smallest absolute Gasteiger partial charge is 0.320 e. The van der Waals surface area contributed by atoms with Crippen molar-refractivity contribution in [3.63, 3.8) is 0 Å². The van der Waals surface area contributed by atoms with Crippen LogP contribution in [0.4, 0.5) is 11.7 Å². The number of anilines is 2. The van der Waals surface area contributed by atoms with Crippen molar-refractivity contribution in [2.45, 2.75) is 6.42 Å². The van der Waals surface area contributed by atoms with Gasteiger partial charge in [-0.2, -0.15) is 0 Å².